The van der Waals surface area contributed by atoms with Gasteiger partial charge < -0.3 is 9.05 Å². The van der Waals surface area contributed by atoms with Crippen LogP contribution >= 0.6 is 7.60 Å². The van der Waals surface area contributed by atoms with Crippen molar-refractivity contribution in [3.63, 3.8) is 0 Å². The maximum absolute atomic E-state index is 13.0. The van der Waals surface area contributed by atoms with Crippen molar-refractivity contribution in [2.75, 3.05) is 12.7 Å². The molecule has 0 atom stereocenters. The van der Waals surface area contributed by atoms with Gasteiger partial charge in [-0.05, 0) is 30.7 Å². The summed E-state index contributed by atoms with van der Waals surface area (Å²) in [5.74, 6) is 0.867. The van der Waals surface area contributed by atoms with Crippen LogP contribution in [0, 0.1) is 0 Å². The van der Waals surface area contributed by atoms with E-state index in [9.17, 15) is 9.36 Å². The molecule has 1 amide bonds. The smallest absolute Gasteiger partial charge is 0.416 e. The van der Waals surface area contributed by atoms with E-state index in [-0.39, 0.29) is 19.1 Å². The summed E-state index contributed by atoms with van der Waals surface area (Å²) in [7, 11) is -3.48. The Kier molecular flexibility index (Phi) is 6.20. The molecule has 0 bridgehead atoms. The van der Waals surface area contributed by atoms with Gasteiger partial charge in [-0.25, -0.2) is 9.63 Å². The Balaban J connectivity index is 2.09. The van der Waals surface area contributed by atoms with Crippen LogP contribution in [0.3, 0.4) is 0 Å². The third-order valence-electron chi connectivity index (χ3n) is 2.92. The molecule has 1 N–H and O–H groups in total. The Labute approximate surface area is 134 Å². The van der Waals surface area contributed by atoms with Crippen molar-refractivity contribution in [2.45, 2.75) is 6.42 Å². The minimum absolute atomic E-state index is 0.0454. The summed E-state index contributed by atoms with van der Waals surface area (Å²) in [4.78, 5) is 10.4. The van der Waals surface area contributed by atoms with Crippen molar-refractivity contribution in [3.05, 3.63) is 60.7 Å². The molecule has 7 heteroatoms. The SMILES string of the molecule is O=CN(O)CCCP(=O)(Oc1ccccc1)Oc1ccccc1. The predicted octanol–water partition coefficient (Wildman–Crippen LogP) is 3.58. The van der Waals surface area contributed by atoms with Gasteiger partial charge >= 0.3 is 7.60 Å². The van der Waals surface area contributed by atoms with E-state index in [1.165, 1.54) is 0 Å². The van der Waals surface area contributed by atoms with Crippen LogP contribution in [0.15, 0.2) is 60.7 Å². The molecule has 0 radical (unpaired) electrons. The van der Waals surface area contributed by atoms with E-state index in [0.29, 0.717) is 23.0 Å². The lowest BCUT2D eigenvalue weighted by atomic mass is 10.3. The highest BCUT2D eigenvalue weighted by Gasteiger charge is 2.28. The lowest BCUT2D eigenvalue weighted by Crippen LogP contribution is -2.19. The van der Waals surface area contributed by atoms with Gasteiger partial charge in [-0.3, -0.25) is 10.0 Å². The molecule has 0 saturated heterocycles. The van der Waals surface area contributed by atoms with E-state index >= 15 is 0 Å². The van der Waals surface area contributed by atoms with Crippen LogP contribution in [0.4, 0.5) is 0 Å². The second kappa shape index (κ2) is 8.36. The Bertz CT molecular complexity index is 605. The Hall–Kier alpha value is -2.30. The number of carbonyl (C=O) groups is 1. The molecule has 0 aliphatic heterocycles. The molecule has 0 heterocycles. The summed E-state index contributed by atoms with van der Waals surface area (Å²) in [6.07, 6.45) is 0.620. The standard InChI is InChI=1S/C16H18NO5P/c18-14-17(19)12-7-13-23(20,21-15-8-3-1-4-9-15)22-16-10-5-2-6-11-16/h1-6,8-11,14,19H,7,12-13H2. The molecule has 6 nitrogen and oxygen atoms in total. The van der Waals surface area contributed by atoms with E-state index in [1.807, 2.05) is 12.1 Å². The zero-order valence-electron chi connectivity index (χ0n) is 12.4. The first-order valence-corrected chi connectivity index (χ1v) is 8.83. The molecule has 0 aliphatic carbocycles. The van der Waals surface area contributed by atoms with Crippen molar-refractivity contribution in [1.82, 2.24) is 5.06 Å². The zero-order valence-corrected chi connectivity index (χ0v) is 13.3. The number of hydrogen-bond acceptors (Lipinski definition) is 5. The van der Waals surface area contributed by atoms with E-state index < -0.39 is 7.60 Å². The second-order valence-corrected chi connectivity index (χ2v) is 6.80. The summed E-state index contributed by atoms with van der Waals surface area (Å²) >= 11 is 0. The lowest BCUT2D eigenvalue weighted by molar-refractivity contribution is -0.149. The topological polar surface area (TPSA) is 76.1 Å². The number of hydrogen-bond donors (Lipinski definition) is 1. The highest BCUT2D eigenvalue weighted by molar-refractivity contribution is 7.54. The van der Waals surface area contributed by atoms with Crippen LogP contribution in [0.1, 0.15) is 6.42 Å². The fourth-order valence-electron chi connectivity index (χ4n) is 1.87. The van der Waals surface area contributed by atoms with Gasteiger partial charge in [0.25, 0.3) is 0 Å². The molecule has 0 aromatic heterocycles. The molecule has 2 aromatic carbocycles. The first-order chi connectivity index (χ1) is 11.1. The molecular weight excluding hydrogens is 317 g/mol. The predicted molar refractivity (Wildman–Crippen MR) is 85.8 cm³/mol. The van der Waals surface area contributed by atoms with Crippen molar-refractivity contribution >= 4 is 14.0 Å². The van der Waals surface area contributed by atoms with E-state index in [4.69, 9.17) is 14.3 Å². The highest BCUT2D eigenvalue weighted by Crippen LogP contribution is 2.48. The van der Waals surface area contributed by atoms with Crippen LogP contribution in [0.2, 0.25) is 0 Å². The Morgan fingerprint density at radius 3 is 1.87 bits per heavy atom. The number of amides is 1. The largest absolute Gasteiger partial charge is 0.430 e. The van der Waals surface area contributed by atoms with E-state index in [2.05, 4.69) is 0 Å². The normalized spacial score (nSPS) is 10.8. The maximum Gasteiger partial charge on any atom is 0.430 e. The molecule has 0 spiro atoms. The van der Waals surface area contributed by atoms with Crippen LogP contribution in [-0.2, 0) is 9.36 Å². The Morgan fingerprint density at radius 2 is 1.43 bits per heavy atom. The quantitative estimate of drug-likeness (QED) is 0.328. The molecule has 2 rings (SSSR count). The summed E-state index contributed by atoms with van der Waals surface area (Å²) < 4.78 is 24.1. The number of carbonyl (C=O) groups excluding carboxylic acids is 1. The van der Waals surface area contributed by atoms with Crippen LogP contribution in [0.5, 0.6) is 11.5 Å². The average Bonchev–Trinajstić information content (AvgIpc) is 2.56. The van der Waals surface area contributed by atoms with Gasteiger partial charge in [-0.1, -0.05) is 36.4 Å². The molecule has 0 unspecified atom stereocenters. The molecule has 0 fully saturated rings. The number of hydroxylamine groups is 2. The van der Waals surface area contributed by atoms with Crippen molar-refractivity contribution in [3.8, 4) is 11.5 Å². The van der Waals surface area contributed by atoms with Gasteiger partial charge in [-0.2, -0.15) is 0 Å². The third-order valence-corrected chi connectivity index (χ3v) is 4.76. The fourth-order valence-corrected chi connectivity index (χ4v) is 3.51. The molecule has 0 saturated carbocycles. The number of para-hydroxylation sites is 2. The van der Waals surface area contributed by atoms with Gasteiger partial charge in [0.15, 0.2) is 0 Å². The zero-order chi connectivity index (χ0) is 16.5. The summed E-state index contributed by atoms with van der Waals surface area (Å²) in [5.41, 5.74) is 0. The monoisotopic (exact) mass is 335 g/mol. The highest BCUT2D eigenvalue weighted by atomic mass is 31.2. The van der Waals surface area contributed by atoms with E-state index in [0.717, 1.165) is 0 Å². The van der Waals surface area contributed by atoms with Crippen LogP contribution in [-0.4, -0.2) is 29.4 Å². The average molecular weight is 335 g/mol. The first-order valence-electron chi connectivity index (χ1n) is 7.10. The lowest BCUT2D eigenvalue weighted by Gasteiger charge is -2.20. The van der Waals surface area contributed by atoms with Crippen molar-refractivity contribution < 1.29 is 23.6 Å². The number of nitrogens with zero attached hydrogens (tertiary/aromatic N) is 1. The summed E-state index contributed by atoms with van der Waals surface area (Å²) in [6, 6.07) is 17.5. The van der Waals surface area contributed by atoms with Gasteiger partial charge in [0.2, 0.25) is 6.41 Å². The summed E-state index contributed by atoms with van der Waals surface area (Å²) in [5, 5.41) is 9.62. The minimum atomic E-state index is -3.48. The van der Waals surface area contributed by atoms with Gasteiger partial charge in [-0.15, -0.1) is 0 Å². The maximum atomic E-state index is 13.0. The van der Waals surface area contributed by atoms with Crippen molar-refractivity contribution in [2.24, 2.45) is 0 Å². The minimum Gasteiger partial charge on any atom is -0.416 e. The Morgan fingerprint density at radius 1 is 0.957 bits per heavy atom. The van der Waals surface area contributed by atoms with Gasteiger partial charge in [0.05, 0.1) is 6.16 Å². The van der Waals surface area contributed by atoms with Crippen LogP contribution < -0.4 is 9.05 Å². The molecular formula is C16H18NO5P. The number of benzene rings is 2. The molecule has 2 aromatic rings. The van der Waals surface area contributed by atoms with Gasteiger partial charge in [0, 0.05) is 6.54 Å². The first kappa shape index (κ1) is 17.1. The summed E-state index contributed by atoms with van der Waals surface area (Å²) in [6.45, 7) is 0.0454. The fraction of sp³-hybridized carbons (Fsp3) is 0.188. The molecule has 122 valence electrons. The molecule has 23 heavy (non-hydrogen) atoms. The second-order valence-electron chi connectivity index (χ2n) is 4.77. The van der Waals surface area contributed by atoms with Crippen LogP contribution in [0.25, 0.3) is 0 Å². The van der Waals surface area contributed by atoms with Crippen molar-refractivity contribution in [1.29, 1.82) is 0 Å². The van der Waals surface area contributed by atoms with Gasteiger partial charge in [0.1, 0.15) is 11.5 Å². The molecule has 0 aliphatic rings. The van der Waals surface area contributed by atoms with E-state index in [1.54, 1.807) is 48.5 Å². The number of rotatable bonds is 9. The third kappa shape index (κ3) is 5.77.